The van der Waals surface area contributed by atoms with Crippen LogP contribution in [0.15, 0.2) is 22.7 Å². The van der Waals surface area contributed by atoms with E-state index >= 15 is 0 Å². The summed E-state index contributed by atoms with van der Waals surface area (Å²) >= 11 is 3.32. The summed E-state index contributed by atoms with van der Waals surface area (Å²) in [5.41, 5.74) is 7.00. The lowest BCUT2D eigenvalue weighted by atomic mass is 9.96. The maximum atomic E-state index is 13.3. The van der Waals surface area contributed by atoms with E-state index in [-0.39, 0.29) is 11.9 Å². The van der Waals surface area contributed by atoms with Gasteiger partial charge >= 0.3 is 0 Å². The summed E-state index contributed by atoms with van der Waals surface area (Å²) in [7, 11) is 0. The monoisotopic (exact) mass is 300 g/mol. The molecule has 2 nitrogen and oxygen atoms in total. The van der Waals surface area contributed by atoms with Crippen molar-refractivity contribution in [1.82, 2.24) is 4.90 Å². The number of likely N-dealkylation sites (tertiary alicyclic amines) is 1. The van der Waals surface area contributed by atoms with E-state index < -0.39 is 0 Å². The van der Waals surface area contributed by atoms with Gasteiger partial charge < -0.3 is 5.73 Å². The molecule has 2 rings (SSSR count). The third-order valence-electron chi connectivity index (χ3n) is 3.10. The van der Waals surface area contributed by atoms with Crippen molar-refractivity contribution in [1.29, 1.82) is 0 Å². The summed E-state index contributed by atoms with van der Waals surface area (Å²) in [6, 6.07) is 5.29. The molecule has 1 aromatic carbocycles. The van der Waals surface area contributed by atoms with Gasteiger partial charge in [-0.2, -0.15) is 0 Å². The van der Waals surface area contributed by atoms with E-state index in [4.69, 9.17) is 5.73 Å². The first kappa shape index (κ1) is 13.0. The molecule has 0 radical (unpaired) electrons. The first-order chi connectivity index (χ1) is 8.02. The Hall–Kier alpha value is -0.450. The van der Waals surface area contributed by atoms with Crippen molar-refractivity contribution < 1.29 is 4.39 Å². The zero-order chi connectivity index (χ0) is 12.4. The van der Waals surface area contributed by atoms with E-state index in [1.165, 1.54) is 6.07 Å². The molecule has 0 aromatic heterocycles. The van der Waals surface area contributed by atoms with E-state index in [1.54, 1.807) is 6.07 Å². The minimum absolute atomic E-state index is 0.191. The van der Waals surface area contributed by atoms with Crippen molar-refractivity contribution in [3.05, 3.63) is 34.1 Å². The summed E-state index contributed by atoms with van der Waals surface area (Å²) in [6.07, 6.45) is 1.09. The summed E-state index contributed by atoms with van der Waals surface area (Å²) in [5.74, 6) is 0.430. The molecule has 0 spiro atoms. The first-order valence-electron chi connectivity index (χ1n) is 5.96. The van der Waals surface area contributed by atoms with Crippen LogP contribution in [0.5, 0.6) is 0 Å². The Labute approximate surface area is 110 Å². The highest BCUT2D eigenvalue weighted by Crippen LogP contribution is 2.20. The zero-order valence-electron chi connectivity index (χ0n) is 10.00. The van der Waals surface area contributed by atoms with Gasteiger partial charge in [-0.15, -0.1) is 0 Å². The van der Waals surface area contributed by atoms with Crippen molar-refractivity contribution in [2.45, 2.75) is 25.9 Å². The van der Waals surface area contributed by atoms with Crippen LogP contribution in [0.4, 0.5) is 4.39 Å². The largest absolute Gasteiger partial charge is 0.327 e. The van der Waals surface area contributed by atoms with Crippen LogP contribution >= 0.6 is 15.9 Å². The molecular formula is C13H18BrFN2. The van der Waals surface area contributed by atoms with E-state index in [0.29, 0.717) is 5.92 Å². The molecule has 1 fully saturated rings. The highest BCUT2D eigenvalue weighted by Gasteiger charge is 2.22. The molecule has 94 valence electrons. The van der Waals surface area contributed by atoms with Gasteiger partial charge in [0.25, 0.3) is 0 Å². The molecule has 1 aliphatic rings. The SMILES string of the molecule is CC1CC(N)CN(Cc2cc(F)cc(Br)c2)C1. The normalized spacial score (nSPS) is 26.1. The van der Waals surface area contributed by atoms with E-state index in [9.17, 15) is 4.39 Å². The molecule has 17 heavy (non-hydrogen) atoms. The fourth-order valence-electron chi connectivity index (χ4n) is 2.60. The Morgan fingerprint density at radius 3 is 2.82 bits per heavy atom. The van der Waals surface area contributed by atoms with Crippen molar-refractivity contribution in [3.63, 3.8) is 0 Å². The molecule has 2 N–H and O–H groups in total. The molecule has 0 amide bonds. The third kappa shape index (κ3) is 3.76. The Morgan fingerprint density at radius 1 is 1.41 bits per heavy atom. The van der Waals surface area contributed by atoms with Crippen LogP contribution in [-0.2, 0) is 6.54 Å². The number of nitrogens with two attached hydrogens (primary N) is 1. The molecule has 1 saturated heterocycles. The number of halogens is 2. The van der Waals surface area contributed by atoms with Crippen LogP contribution in [0.2, 0.25) is 0 Å². The van der Waals surface area contributed by atoms with Gasteiger partial charge in [0.05, 0.1) is 0 Å². The molecule has 4 heteroatoms. The molecule has 2 unspecified atom stereocenters. The predicted octanol–water partition coefficient (Wildman–Crippen LogP) is 2.76. The second-order valence-electron chi connectivity index (χ2n) is 5.07. The van der Waals surface area contributed by atoms with Crippen molar-refractivity contribution in [2.24, 2.45) is 11.7 Å². The summed E-state index contributed by atoms with van der Waals surface area (Å²) in [4.78, 5) is 2.31. The fraction of sp³-hybridized carbons (Fsp3) is 0.538. The smallest absolute Gasteiger partial charge is 0.124 e. The number of rotatable bonds is 2. The predicted molar refractivity (Wildman–Crippen MR) is 71.1 cm³/mol. The van der Waals surface area contributed by atoms with Gasteiger partial charge in [-0.25, -0.2) is 4.39 Å². The van der Waals surface area contributed by atoms with Crippen LogP contribution in [0.3, 0.4) is 0 Å². The Bertz CT molecular complexity index is 367. The van der Waals surface area contributed by atoms with Gasteiger partial charge in [-0.1, -0.05) is 22.9 Å². The number of piperidine rings is 1. The van der Waals surface area contributed by atoms with Crippen molar-refractivity contribution in [3.8, 4) is 0 Å². The molecule has 1 heterocycles. The Balaban J connectivity index is 2.04. The van der Waals surface area contributed by atoms with Gasteiger partial charge in [0.2, 0.25) is 0 Å². The molecular weight excluding hydrogens is 283 g/mol. The quantitative estimate of drug-likeness (QED) is 0.910. The minimum atomic E-state index is -0.191. The third-order valence-corrected chi connectivity index (χ3v) is 3.55. The van der Waals surface area contributed by atoms with Crippen LogP contribution in [-0.4, -0.2) is 24.0 Å². The van der Waals surface area contributed by atoms with Crippen LogP contribution in [0.25, 0.3) is 0 Å². The second kappa shape index (κ2) is 5.46. The summed E-state index contributed by atoms with van der Waals surface area (Å²) in [6.45, 7) is 4.93. The zero-order valence-corrected chi connectivity index (χ0v) is 11.6. The summed E-state index contributed by atoms with van der Waals surface area (Å²) in [5, 5.41) is 0. The second-order valence-corrected chi connectivity index (χ2v) is 5.99. The maximum absolute atomic E-state index is 13.3. The van der Waals surface area contributed by atoms with E-state index in [2.05, 4.69) is 27.8 Å². The molecule has 0 bridgehead atoms. The first-order valence-corrected chi connectivity index (χ1v) is 6.75. The van der Waals surface area contributed by atoms with E-state index in [0.717, 1.165) is 36.1 Å². The highest BCUT2D eigenvalue weighted by molar-refractivity contribution is 9.10. The minimum Gasteiger partial charge on any atom is -0.327 e. The van der Waals surface area contributed by atoms with Gasteiger partial charge in [0, 0.05) is 30.1 Å². The fourth-order valence-corrected chi connectivity index (χ4v) is 3.12. The van der Waals surface area contributed by atoms with E-state index in [1.807, 2.05) is 6.07 Å². The number of hydrogen-bond acceptors (Lipinski definition) is 2. The Morgan fingerprint density at radius 2 is 2.18 bits per heavy atom. The molecule has 0 aliphatic carbocycles. The molecule has 2 atom stereocenters. The van der Waals surface area contributed by atoms with Crippen molar-refractivity contribution >= 4 is 15.9 Å². The van der Waals surface area contributed by atoms with Gasteiger partial charge in [0.1, 0.15) is 5.82 Å². The topological polar surface area (TPSA) is 29.3 Å². The van der Waals surface area contributed by atoms with Crippen LogP contribution < -0.4 is 5.73 Å². The average Bonchev–Trinajstić information content (AvgIpc) is 2.13. The average molecular weight is 301 g/mol. The maximum Gasteiger partial charge on any atom is 0.124 e. The summed E-state index contributed by atoms with van der Waals surface area (Å²) < 4.78 is 14.1. The molecule has 0 saturated carbocycles. The van der Waals surface area contributed by atoms with Gasteiger partial charge in [-0.05, 0) is 36.1 Å². The standard InChI is InChI=1S/C13H18BrFN2/c1-9-2-13(16)8-17(6-9)7-10-3-11(14)5-12(15)4-10/h3-5,9,13H,2,6-8,16H2,1H3. The highest BCUT2D eigenvalue weighted by atomic mass is 79.9. The van der Waals surface area contributed by atoms with Crippen LogP contribution in [0.1, 0.15) is 18.9 Å². The van der Waals surface area contributed by atoms with Gasteiger partial charge in [0.15, 0.2) is 0 Å². The number of nitrogens with zero attached hydrogens (tertiary/aromatic N) is 1. The van der Waals surface area contributed by atoms with Crippen molar-refractivity contribution in [2.75, 3.05) is 13.1 Å². The Kier molecular flexibility index (Phi) is 4.17. The van der Waals surface area contributed by atoms with Crippen LogP contribution in [0, 0.1) is 11.7 Å². The molecule has 1 aromatic rings. The van der Waals surface area contributed by atoms with Gasteiger partial charge in [-0.3, -0.25) is 4.90 Å². The lowest BCUT2D eigenvalue weighted by Gasteiger charge is -2.34. The molecule has 1 aliphatic heterocycles. The number of hydrogen-bond donors (Lipinski definition) is 1. The lowest BCUT2D eigenvalue weighted by Crippen LogP contribution is -2.45. The lowest BCUT2D eigenvalue weighted by molar-refractivity contribution is 0.158. The number of benzene rings is 1.